The molecule has 0 radical (unpaired) electrons. The van der Waals surface area contributed by atoms with Crippen molar-refractivity contribution in [2.45, 2.75) is 32.2 Å². The Morgan fingerprint density at radius 2 is 2.42 bits per heavy atom. The van der Waals surface area contributed by atoms with Crippen LogP contribution in [0.2, 0.25) is 0 Å². The first-order chi connectivity index (χ1) is 9.11. The standard InChI is InChI=1S/C13H15BrN4O/c1-9-3-2-4-12(9)18-8-10(14)7-11(18)5-6-13(19)16-17-15/h5-9,12H,2-4H2,1H3/b6-5+/t9-,12+/m1/s1. The van der Waals surface area contributed by atoms with Gasteiger partial charge in [-0.1, -0.05) is 13.3 Å². The molecule has 1 amide bonds. The Morgan fingerprint density at radius 1 is 1.63 bits per heavy atom. The van der Waals surface area contributed by atoms with Gasteiger partial charge in [-0.15, -0.1) is 0 Å². The van der Waals surface area contributed by atoms with E-state index in [1.165, 1.54) is 18.9 Å². The lowest BCUT2D eigenvalue weighted by atomic mass is 10.1. The van der Waals surface area contributed by atoms with Crippen molar-refractivity contribution in [2.75, 3.05) is 0 Å². The smallest absolute Gasteiger partial charge is 0.242 e. The van der Waals surface area contributed by atoms with Gasteiger partial charge < -0.3 is 4.57 Å². The average Bonchev–Trinajstić information content (AvgIpc) is 2.93. The van der Waals surface area contributed by atoms with Crippen molar-refractivity contribution in [2.24, 2.45) is 11.0 Å². The molecule has 1 aliphatic carbocycles. The van der Waals surface area contributed by atoms with Gasteiger partial charge in [0, 0.05) is 27.3 Å². The fourth-order valence-electron chi connectivity index (χ4n) is 2.66. The molecule has 19 heavy (non-hydrogen) atoms. The maximum Gasteiger partial charge on any atom is 0.242 e. The quantitative estimate of drug-likeness (QED) is 0.350. The molecule has 1 heterocycles. The van der Waals surface area contributed by atoms with Gasteiger partial charge in [0.25, 0.3) is 0 Å². The Labute approximate surface area is 120 Å². The zero-order valence-electron chi connectivity index (χ0n) is 10.7. The lowest BCUT2D eigenvalue weighted by molar-refractivity contribution is -0.113. The second kappa shape index (κ2) is 6.08. The van der Waals surface area contributed by atoms with Gasteiger partial charge in [-0.2, -0.15) is 0 Å². The van der Waals surface area contributed by atoms with Crippen molar-refractivity contribution in [1.82, 2.24) is 4.57 Å². The Morgan fingerprint density at radius 3 is 3.05 bits per heavy atom. The molecule has 1 fully saturated rings. The number of hydrogen-bond donors (Lipinski definition) is 0. The highest BCUT2D eigenvalue weighted by atomic mass is 79.9. The molecule has 0 aromatic carbocycles. The normalized spacial score (nSPS) is 22.6. The van der Waals surface area contributed by atoms with E-state index in [9.17, 15) is 4.79 Å². The molecule has 0 spiro atoms. The summed E-state index contributed by atoms with van der Waals surface area (Å²) in [5, 5.41) is 3.02. The molecule has 0 saturated heterocycles. The van der Waals surface area contributed by atoms with Crippen molar-refractivity contribution < 1.29 is 4.79 Å². The van der Waals surface area contributed by atoms with Crippen LogP contribution in [0.1, 0.15) is 37.9 Å². The fraction of sp³-hybridized carbons (Fsp3) is 0.462. The van der Waals surface area contributed by atoms with Gasteiger partial charge in [0.2, 0.25) is 5.91 Å². The zero-order chi connectivity index (χ0) is 13.8. The Hall–Kier alpha value is -1.52. The van der Waals surface area contributed by atoms with Crippen LogP contribution in [0.25, 0.3) is 16.5 Å². The van der Waals surface area contributed by atoms with Crippen LogP contribution < -0.4 is 0 Å². The van der Waals surface area contributed by atoms with Gasteiger partial charge in [0.1, 0.15) is 0 Å². The van der Waals surface area contributed by atoms with Gasteiger partial charge in [-0.3, -0.25) is 4.79 Å². The lowest BCUT2D eigenvalue weighted by Gasteiger charge is -2.19. The molecule has 6 heteroatoms. The second-order valence-electron chi connectivity index (χ2n) is 4.83. The number of rotatable bonds is 3. The second-order valence-corrected chi connectivity index (χ2v) is 5.74. The summed E-state index contributed by atoms with van der Waals surface area (Å²) in [6.07, 6.45) is 8.69. The van der Waals surface area contributed by atoms with E-state index in [1.807, 2.05) is 12.3 Å². The van der Waals surface area contributed by atoms with Crippen molar-refractivity contribution in [3.63, 3.8) is 0 Å². The highest BCUT2D eigenvalue weighted by molar-refractivity contribution is 9.10. The summed E-state index contributed by atoms with van der Waals surface area (Å²) in [5.74, 6) is 0.0603. The first kappa shape index (κ1) is 13.9. The van der Waals surface area contributed by atoms with Crippen LogP contribution in [0.15, 0.2) is 27.9 Å². The molecule has 1 saturated carbocycles. The van der Waals surface area contributed by atoms with Gasteiger partial charge >= 0.3 is 0 Å². The molecule has 0 unspecified atom stereocenters. The number of amides is 1. The van der Waals surface area contributed by atoms with Gasteiger partial charge in [0.05, 0.1) is 0 Å². The van der Waals surface area contributed by atoms with Gasteiger partial charge in [-0.05, 0) is 63.6 Å². The zero-order valence-corrected chi connectivity index (χ0v) is 12.2. The molecular formula is C13H15BrN4O. The molecule has 0 N–H and O–H groups in total. The van der Waals surface area contributed by atoms with Crippen LogP contribution in [0, 0.1) is 5.92 Å². The molecule has 0 bridgehead atoms. The topological polar surface area (TPSA) is 70.8 Å². The summed E-state index contributed by atoms with van der Waals surface area (Å²) in [7, 11) is 0. The van der Waals surface area contributed by atoms with E-state index in [-0.39, 0.29) is 0 Å². The molecule has 2 rings (SSSR count). The highest BCUT2D eigenvalue weighted by Crippen LogP contribution is 2.37. The van der Waals surface area contributed by atoms with E-state index < -0.39 is 5.91 Å². The third-order valence-electron chi connectivity index (χ3n) is 3.56. The number of carbonyl (C=O) groups is 1. The van der Waals surface area contributed by atoms with E-state index >= 15 is 0 Å². The highest BCUT2D eigenvalue weighted by Gasteiger charge is 2.25. The van der Waals surface area contributed by atoms with Crippen molar-refractivity contribution >= 4 is 27.9 Å². The molecule has 1 aliphatic rings. The maximum absolute atomic E-state index is 11.2. The summed E-state index contributed by atoms with van der Waals surface area (Å²) in [5.41, 5.74) is 9.14. The summed E-state index contributed by atoms with van der Waals surface area (Å²) >= 11 is 3.47. The first-order valence-electron chi connectivity index (χ1n) is 6.26. The van der Waals surface area contributed by atoms with Crippen LogP contribution in [0.4, 0.5) is 0 Å². The number of azide groups is 1. The number of carbonyl (C=O) groups excluding carboxylic acids is 1. The summed E-state index contributed by atoms with van der Waals surface area (Å²) in [4.78, 5) is 13.7. The molecule has 5 nitrogen and oxygen atoms in total. The van der Waals surface area contributed by atoms with Crippen LogP contribution in [-0.4, -0.2) is 10.5 Å². The monoisotopic (exact) mass is 322 g/mol. The van der Waals surface area contributed by atoms with Crippen molar-refractivity contribution in [3.05, 3.63) is 38.9 Å². The molecule has 100 valence electrons. The number of aromatic nitrogens is 1. The van der Waals surface area contributed by atoms with Gasteiger partial charge in [0.15, 0.2) is 0 Å². The van der Waals surface area contributed by atoms with E-state index in [1.54, 1.807) is 6.08 Å². The molecular weight excluding hydrogens is 308 g/mol. The van der Waals surface area contributed by atoms with Crippen LogP contribution >= 0.6 is 15.9 Å². The minimum Gasteiger partial charge on any atom is -0.343 e. The van der Waals surface area contributed by atoms with Crippen molar-refractivity contribution in [3.8, 4) is 0 Å². The largest absolute Gasteiger partial charge is 0.343 e. The summed E-state index contributed by atoms with van der Waals surface area (Å²) < 4.78 is 3.18. The first-order valence-corrected chi connectivity index (χ1v) is 7.05. The number of hydrogen-bond acceptors (Lipinski definition) is 1. The van der Waals surface area contributed by atoms with Crippen LogP contribution in [-0.2, 0) is 4.79 Å². The van der Waals surface area contributed by atoms with E-state index in [2.05, 4.69) is 37.4 Å². The maximum atomic E-state index is 11.2. The lowest BCUT2D eigenvalue weighted by Crippen LogP contribution is -2.11. The Kier molecular flexibility index (Phi) is 4.45. The SMILES string of the molecule is C[C@@H]1CCC[C@@H]1n1cc(Br)cc1/C=C/C(=O)N=[N+]=[N-]. The van der Waals surface area contributed by atoms with Crippen LogP contribution in [0.3, 0.4) is 0 Å². The molecule has 2 atom stereocenters. The van der Waals surface area contributed by atoms with E-state index in [0.717, 1.165) is 16.6 Å². The average molecular weight is 323 g/mol. The third-order valence-corrected chi connectivity index (χ3v) is 3.99. The number of nitrogens with zero attached hydrogens (tertiary/aromatic N) is 4. The minimum atomic E-state index is -0.578. The summed E-state index contributed by atoms with van der Waals surface area (Å²) in [6, 6.07) is 2.44. The predicted molar refractivity (Wildman–Crippen MR) is 77.4 cm³/mol. The third kappa shape index (κ3) is 3.28. The van der Waals surface area contributed by atoms with Crippen molar-refractivity contribution in [1.29, 1.82) is 0 Å². The Bertz CT molecular complexity index is 557. The minimum absolute atomic E-state index is 0.473. The molecule has 1 aromatic rings. The fourth-order valence-corrected chi connectivity index (χ4v) is 3.11. The van der Waals surface area contributed by atoms with E-state index in [0.29, 0.717) is 12.0 Å². The molecule has 0 aliphatic heterocycles. The van der Waals surface area contributed by atoms with E-state index in [4.69, 9.17) is 5.53 Å². The van der Waals surface area contributed by atoms with Crippen LogP contribution in [0.5, 0.6) is 0 Å². The Balaban J connectivity index is 2.25. The van der Waals surface area contributed by atoms with Gasteiger partial charge in [-0.25, -0.2) is 0 Å². The number of halogens is 1. The summed E-state index contributed by atoms with van der Waals surface area (Å²) in [6.45, 7) is 2.25. The predicted octanol–water partition coefficient (Wildman–Crippen LogP) is 4.46. The molecule has 1 aromatic heterocycles.